The predicted molar refractivity (Wildman–Crippen MR) is 121 cm³/mol. The Labute approximate surface area is 178 Å². The first-order chi connectivity index (χ1) is 14.6. The molecule has 0 aromatic heterocycles. The molecule has 4 heteroatoms. The second-order valence-corrected chi connectivity index (χ2v) is 7.36. The number of anilines is 1. The van der Waals surface area contributed by atoms with Crippen LogP contribution in [0.3, 0.4) is 0 Å². The van der Waals surface area contributed by atoms with Crippen LogP contribution in [-0.2, 0) is 16.1 Å². The van der Waals surface area contributed by atoms with Gasteiger partial charge in [-0.25, -0.2) is 0 Å². The van der Waals surface area contributed by atoms with Crippen molar-refractivity contribution >= 4 is 17.5 Å². The lowest BCUT2D eigenvalue weighted by atomic mass is 9.88. The molecule has 0 unspecified atom stereocenters. The average Bonchev–Trinajstić information content (AvgIpc) is 2.77. The molecule has 30 heavy (non-hydrogen) atoms. The van der Waals surface area contributed by atoms with Crippen molar-refractivity contribution in [2.75, 3.05) is 11.9 Å². The number of nitrogens with one attached hydrogen (secondary N) is 1. The Balaban J connectivity index is 1.73. The van der Waals surface area contributed by atoms with E-state index in [4.69, 9.17) is 0 Å². The molecule has 0 saturated heterocycles. The Morgan fingerprint density at radius 2 is 1.47 bits per heavy atom. The van der Waals surface area contributed by atoms with Gasteiger partial charge in [-0.3, -0.25) is 9.59 Å². The van der Waals surface area contributed by atoms with Crippen LogP contribution in [0.4, 0.5) is 5.69 Å². The van der Waals surface area contributed by atoms with Crippen LogP contribution in [0.5, 0.6) is 0 Å². The van der Waals surface area contributed by atoms with E-state index < -0.39 is 0 Å². The molecule has 0 radical (unpaired) electrons. The molecule has 2 amide bonds. The van der Waals surface area contributed by atoms with Crippen LogP contribution >= 0.6 is 0 Å². The lowest BCUT2D eigenvalue weighted by Gasteiger charge is -2.20. The number of hydrogen-bond acceptors (Lipinski definition) is 2. The van der Waals surface area contributed by atoms with Crippen molar-refractivity contribution in [3.8, 4) is 0 Å². The smallest absolute Gasteiger partial charge is 0.225 e. The van der Waals surface area contributed by atoms with Crippen molar-refractivity contribution in [3.05, 3.63) is 102 Å². The molecule has 3 aromatic rings. The molecule has 0 atom stereocenters. The molecule has 4 nitrogen and oxygen atoms in total. The van der Waals surface area contributed by atoms with Crippen LogP contribution < -0.4 is 5.32 Å². The van der Waals surface area contributed by atoms with Gasteiger partial charge in [0.15, 0.2) is 0 Å². The number of amides is 2. The Morgan fingerprint density at radius 1 is 0.867 bits per heavy atom. The van der Waals surface area contributed by atoms with Gasteiger partial charge in [-0.15, -0.1) is 0 Å². The summed E-state index contributed by atoms with van der Waals surface area (Å²) in [6.07, 6.45) is 0.354. The van der Waals surface area contributed by atoms with Gasteiger partial charge in [-0.2, -0.15) is 0 Å². The maximum atomic E-state index is 12.9. The van der Waals surface area contributed by atoms with Gasteiger partial charge in [0.05, 0.1) is 0 Å². The van der Waals surface area contributed by atoms with Crippen molar-refractivity contribution in [2.24, 2.45) is 0 Å². The molecule has 0 fully saturated rings. The summed E-state index contributed by atoms with van der Waals surface area (Å²) in [5, 5.41) is 3.03. The zero-order valence-corrected chi connectivity index (χ0v) is 17.5. The second kappa shape index (κ2) is 10.4. The van der Waals surface area contributed by atoms with Crippen LogP contribution in [0, 0.1) is 0 Å². The number of nitrogens with zero attached hydrogens (tertiary/aromatic N) is 1. The summed E-state index contributed by atoms with van der Waals surface area (Å²) in [6.45, 7) is 4.72. The molecule has 0 aliphatic rings. The Bertz CT molecular complexity index is 931. The number of benzene rings is 3. The SMILES string of the molecule is CCN(Cc1cccc(NC(=O)CC(c2ccccc2)c2ccccc2)c1)C(C)=O. The fourth-order valence-electron chi connectivity index (χ4n) is 3.61. The van der Waals surface area contributed by atoms with E-state index in [9.17, 15) is 9.59 Å². The molecule has 3 rings (SSSR count). The summed E-state index contributed by atoms with van der Waals surface area (Å²) in [6, 6.07) is 27.9. The van der Waals surface area contributed by atoms with Crippen molar-refractivity contribution in [2.45, 2.75) is 32.7 Å². The number of carbonyl (C=O) groups is 2. The van der Waals surface area contributed by atoms with Gasteiger partial charge in [-0.05, 0) is 35.7 Å². The summed E-state index contributed by atoms with van der Waals surface area (Å²) in [5.41, 5.74) is 3.98. The van der Waals surface area contributed by atoms with Crippen LogP contribution in [0.2, 0.25) is 0 Å². The molecular formula is C26H28N2O2. The first-order valence-corrected chi connectivity index (χ1v) is 10.3. The van der Waals surface area contributed by atoms with Crippen LogP contribution in [0.25, 0.3) is 0 Å². The maximum absolute atomic E-state index is 12.9. The molecule has 0 heterocycles. The molecule has 154 valence electrons. The van der Waals surface area contributed by atoms with Gasteiger partial charge in [0.1, 0.15) is 0 Å². The zero-order valence-electron chi connectivity index (χ0n) is 17.5. The number of rotatable bonds is 8. The van der Waals surface area contributed by atoms with E-state index in [1.807, 2.05) is 67.6 Å². The van der Waals surface area contributed by atoms with Crippen molar-refractivity contribution in [3.63, 3.8) is 0 Å². The fourth-order valence-corrected chi connectivity index (χ4v) is 3.61. The highest BCUT2D eigenvalue weighted by atomic mass is 16.2. The lowest BCUT2D eigenvalue weighted by molar-refractivity contribution is -0.129. The third-order valence-electron chi connectivity index (χ3n) is 5.20. The molecule has 0 spiro atoms. The highest BCUT2D eigenvalue weighted by molar-refractivity contribution is 5.91. The van der Waals surface area contributed by atoms with E-state index in [0.717, 1.165) is 22.4 Å². The van der Waals surface area contributed by atoms with E-state index in [2.05, 4.69) is 29.6 Å². The third-order valence-corrected chi connectivity index (χ3v) is 5.20. The summed E-state index contributed by atoms with van der Waals surface area (Å²) in [4.78, 5) is 26.3. The van der Waals surface area contributed by atoms with E-state index in [1.165, 1.54) is 0 Å². The van der Waals surface area contributed by atoms with Crippen molar-refractivity contribution in [1.29, 1.82) is 0 Å². The van der Waals surface area contributed by atoms with E-state index in [-0.39, 0.29) is 17.7 Å². The molecule has 0 bridgehead atoms. The summed E-state index contributed by atoms with van der Waals surface area (Å²) >= 11 is 0. The summed E-state index contributed by atoms with van der Waals surface area (Å²) < 4.78 is 0. The Morgan fingerprint density at radius 3 is 2.00 bits per heavy atom. The van der Waals surface area contributed by atoms with Gasteiger partial charge in [0.2, 0.25) is 11.8 Å². The van der Waals surface area contributed by atoms with Crippen LogP contribution in [0.1, 0.15) is 42.9 Å². The first kappa shape index (κ1) is 21.3. The zero-order chi connectivity index (χ0) is 21.3. The molecule has 0 aliphatic heterocycles. The van der Waals surface area contributed by atoms with Crippen LogP contribution in [0.15, 0.2) is 84.9 Å². The van der Waals surface area contributed by atoms with Gasteiger partial charge in [0, 0.05) is 38.0 Å². The fraction of sp³-hybridized carbons (Fsp3) is 0.231. The van der Waals surface area contributed by atoms with E-state index >= 15 is 0 Å². The Hall–Kier alpha value is -3.40. The molecular weight excluding hydrogens is 372 g/mol. The number of hydrogen-bond donors (Lipinski definition) is 1. The standard InChI is InChI=1S/C26H28N2O2/c1-3-28(20(2)29)19-21-11-10-16-24(17-21)27-26(30)18-25(22-12-6-4-7-13-22)23-14-8-5-9-15-23/h4-17,25H,3,18-19H2,1-2H3,(H,27,30). The van der Waals surface area contributed by atoms with Crippen molar-refractivity contribution < 1.29 is 9.59 Å². The molecule has 0 aliphatic carbocycles. The molecule has 0 saturated carbocycles. The predicted octanol–water partition coefficient (Wildman–Crippen LogP) is 5.22. The minimum absolute atomic E-state index is 0.0103. The van der Waals surface area contributed by atoms with E-state index in [0.29, 0.717) is 19.5 Å². The number of carbonyl (C=O) groups excluding carboxylic acids is 2. The highest BCUT2D eigenvalue weighted by Gasteiger charge is 2.18. The third kappa shape index (κ3) is 5.80. The lowest BCUT2D eigenvalue weighted by Crippen LogP contribution is -2.27. The van der Waals surface area contributed by atoms with Crippen molar-refractivity contribution in [1.82, 2.24) is 4.90 Å². The maximum Gasteiger partial charge on any atom is 0.225 e. The summed E-state index contributed by atoms with van der Waals surface area (Å²) in [5.74, 6) is -0.00634. The van der Waals surface area contributed by atoms with Gasteiger partial charge in [0.25, 0.3) is 0 Å². The Kier molecular flexibility index (Phi) is 7.39. The monoisotopic (exact) mass is 400 g/mol. The molecule has 3 aromatic carbocycles. The van der Waals surface area contributed by atoms with Gasteiger partial charge < -0.3 is 10.2 Å². The first-order valence-electron chi connectivity index (χ1n) is 10.3. The quantitative estimate of drug-likeness (QED) is 0.564. The molecule has 1 N–H and O–H groups in total. The largest absolute Gasteiger partial charge is 0.339 e. The normalized spacial score (nSPS) is 10.6. The van der Waals surface area contributed by atoms with E-state index in [1.54, 1.807) is 11.8 Å². The summed E-state index contributed by atoms with van der Waals surface area (Å²) in [7, 11) is 0. The van der Waals surface area contributed by atoms with Gasteiger partial charge >= 0.3 is 0 Å². The van der Waals surface area contributed by atoms with Crippen LogP contribution in [-0.4, -0.2) is 23.3 Å². The van der Waals surface area contributed by atoms with Gasteiger partial charge in [-0.1, -0.05) is 72.8 Å². The highest BCUT2D eigenvalue weighted by Crippen LogP contribution is 2.28. The minimum atomic E-state index is -0.0382. The second-order valence-electron chi connectivity index (χ2n) is 7.36. The minimum Gasteiger partial charge on any atom is -0.339 e. The topological polar surface area (TPSA) is 49.4 Å². The average molecular weight is 401 g/mol.